The molecule has 2 aromatic rings. The second kappa shape index (κ2) is 16.1. The number of carbonyl (C=O) groups is 1. The summed E-state index contributed by atoms with van der Waals surface area (Å²) in [5.74, 6) is 2.47. The van der Waals surface area contributed by atoms with Crippen molar-refractivity contribution in [2.24, 2.45) is 17.8 Å². The fraction of sp³-hybridized carbons (Fsp3) is 0.607. The quantitative estimate of drug-likeness (QED) is 0.411. The Labute approximate surface area is 256 Å². The van der Waals surface area contributed by atoms with Gasteiger partial charge in [-0.1, -0.05) is 52.3 Å². The number of ether oxygens (including phenoxy) is 1. The van der Waals surface area contributed by atoms with Crippen molar-refractivity contribution in [1.82, 2.24) is 4.90 Å². The van der Waals surface area contributed by atoms with E-state index in [2.05, 4.69) is 49.6 Å². The Morgan fingerprint density at radius 3 is 2.27 bits per heavy atom. The minimum atomic E-state index is 0. The van der Waals surface area contributed by atoms with E-state index in [-0.39, 0.29) is 64.1 Å². The van der Waals surface area contributed by atoms with Gasteiger partial charge in [0.15, 0.2) is 5.78 Å². The van der Waals surface area contributed by atoms with E-state index < -0.39 is 0 Å². The molecule has 0 N–H and O–H groups in total. The number of methoxy groups -OCH3 is 1. The standard InChI is InChI=1S/C25H33NO2.C2H6.CH4S.Rb/c1-17(2)13-20-11-12-26(22-5-4-6-22)16-24(20)25(27)21-8-7-19-15-23(28-3)10-9-18(19)14-21;2*1-2;/h7-10,14-15,17,20,22,24H,4-6,11-13,16H2,1-3H3;1-2H3;2H,1H3;/q;;;+1/p-1. The number of fused-ring (bicyclic) bond motifs is 1. The summed E-state index contributed by atoms with van der Waals surface area (Å²) in [5.41, 5.74) is 0.867. The van der Waals surface area contributed by atoms with Gasteiger partial charge in [0.05, 0.1) is 7.11 Å². The number of hydrogen-bond donors (Lipinski definition) is 0. The van der Waals surface area contributed by atoms with Gasteiger partial charge in [-0.15, -0.1) is 0 Å². The van der Waals surface area contributed by atoms with Gasteiger partial charge < -0.3 is 17.4 Å². The van der Waals surface area contributed by atoms with E-state index in [1.807, 2.05) is 32.0 Å². The number of hydrogen-bond acceptors (Lipinski definition) is 4. The number of ketones is 1. The molecule has 2 aromatic carbocycles. The first-order valence-electron chi connectivity index (χ1n) is 12.3. The number of likely N-dealkylation sites (tertiary alicyclic amines) is 1. The van der Waals surface area contributed by atoms with Gasteiger partial charge >= 0.3 is 58.2 Å². The molecule has 3 nitrogen and oxygen atoms in total. The molecule has 1 aliphatic carbocycles. The summed E-state index contributed by atoms with van der Waals surface area (Å²) in [6.07, 6.45) is 7.88. The van der Waals surface area contributed by atoms with Crippen molar-refractivity contribution < 1.29 is 67.7 Å². The van der Waals surface area contributed by atoms with Crippen LogP contribution >= 0.6 is 0 Å². The molecule has 2 unspecified atom stereocenters. The van der Waals surface area contributed by atoms with E-state index in [9.17, 15) is 4.79 Å². The molecule has 0 bridgehead atoms. The van der Waals surface area contributed by atoms with Crippen LogP contribution in [0.2, 0.25) is 0 Å². The number of carbonyl (C=O) groups excluding carboxylic acids is 1. The Kier molecular flexibility index (Phi) is 15.3. The zero-order chi connectivity index (χ0) is 23.7. The summed E-state index contributed by atoms with van der Waals surface area (Å²) < 4.78 is 5.32. The van der Waals surface area contributed by atoms with Gasteiger partial charge in [-0.25, -0.2) is 0 Å². The normalized spacial score (nSPS) is 20.5. The average molecular weight is 542 g/mol. The number of benzene rings is 2. The number of rotatable bonds is 6. The Bertz CT molecular complexity index is 853. The minimum absolute atomic E-state index is 0. The Morgan fingerprint density at radius 1 is 1.06 bits per heavy atom. The van der Waals surface area contributed by atoms with E-state index in [1.54, 1.807) is 13.4 Å². The number of nitrogens with zero attached hydrogens (tertiary/aromatic N) is 1. The summed E-state index contributed by atoms with van der Waals surface area (Å²) in [7, 11) is 1.69. The number of piperidine rings is 1. The largest absolute Gasteiger partial charge is 1.00 e. The van der Waals surface area contributed by atoms with Crippen molar-refractivity contribution in [3.8, 4) is 5.75 Å². The van der Waals surface area contributed by atoms with Gasteiger partial charge in [0, 0.05) is 24.1 Å². The summed E-state index contributed by atoms with van der Waals surface area (Å²) in [4.78, 5) is 16.2. The molecule has 0 spiro atoms. The molecule has 1 saturated carbocycles. The second-order valence-electron chi connectivity index (χ2n) is 9.16. The molecule has 5 heteroatoms. The maximum absolute atomic E-state index is 13.6. The minimum Gasteiger partial charge on any atom is -0.796 e. The summed E-state index contributed by atoms with van der Waals surface area (Å²) >= 11 is 4.08. The SMILES string of the molecule is CC.COc1ccc2cc(C(=O)C3CN(C4CCC4)CCC3CC(C)C)ccc2c1.C[S-].[Rb+]. The predicted molar refractivity (Wildman–Crippen MR) is 140 cm³/mol. The third kappa shape index (κ3) is 8.43. The zero-order valence-corrected chi connectivity index (χ0v) is 27.6. The molecule has 4 rings (SSSR count). The van der Waals surface area contributed by atoms with E-state index in [0.29, 0.717) is 17.6 Å². The van der Waals surface area contributed by atoms with Gasteiger partial charge in [0.25, 0.3) is 0 Å². The molecule has 2 fully saturated rings. The first kappa shape index (κ1) is 31.3. The Balaban J connectivity index is 0.00000103. The second-order valence-corrected chi connectivity index (χ2v) is 9.16. The Morgan fingerprint density at radius 2 is 1.70 bits per heavy atom. The topological polar surface area (TPSA) is 29.5 Å². The van der Waals surface area contributed by atoms with E-state index in [0.717, 1.165) is 47.5 Å². The van der Waals surface area contributed by atoms with Crippen LogP contribution in [0.25, 0.3) is 10.8 Å². The molecule has 1 saturated heterocycles. The van der Waals surface area contributed by atoms with Crippen LogP contribution in [0.1, 0.15) is 70.2 Å². The van der Waals surface area contributed by atoms with Gasteiger partial charge in [0.1, 0.15) is 5.75 Å². The smallest absolute Gasteiger partial charge is 0.796 e. The van der Waals surface area contributed by atoms with Crippen LogP contribution < -0.4 is 62.9 Å². The summed E-state index contributed by atoms with van der Waals surface area (Å²) in [5, 5.41) is 2.23. The predicted octanol–water partition coefficient (Wildman–Crippen LogP) is 3.76. The Hall–Kier alpha value is 0.285. The third-order valence-electron chi connectivity index (χ3n) is 6.82. The third-order valence-corrected chi connectivity index (χ3v) is 6.82. The fourth-order valence-electron chi connectivity index (χ4n) is 5.01. The van der Waals surface area contributed by atoms with Crippen LogP contribution in [0.5, 0.6) is 5.75 Å². The van der Waals surface area contributed by atoms with Crippen molar-refractivity contribution in [3.05, 3.63) is 42.0 Å². The van der Waals surface area contributed by atoms with Crippen LogP contribution in [-0.4, -0.2) is 43.2 Å². The van der Waals surface area contributed by atoms with Crippen molar-refractivity contribution >= 4 is 29.2 Å². The molecular formula is C28H42NO2RbS. The van der Waals surface area contributed by atoms with E-state index in [1.165, 1.54) is 25.8 Å². The van der Waals surface area contributed by atoms with Crippen LogP contribution in [0.4, 0.5) is 0 Å². The molecule has 1 aliphatic heterocycles. The molecule has 0 amide bonds. The van der Waals surface area contributed by atoms with Gasteiger partial charge in [0.2, 0.25) is 0 Å². The number of Topliss-reactive ketones (excluding diaryl/α,β-unsaturated/α-hetero) is 1. The van der Waals surface area contributed by atoms with Crippen LogP contribution in [0, 0.1) is 17.8 Å². The van der Waals surface area contributed by atoms with E-state index >= 15 is 0 Å². The molecule has 33 heavy (non-hydrogen) atoms. The zero-order valence-electron chi connectivity index (χ0n) is 21.9. The average Bonchev–Trinajstić information content (AvgIpc) is 2.80. The summed E-state index contributed by atoms with van der Waals surface area (Å²) in [6.45, 7) is 10.7. The maximum Gasteiger partial charge on any atom is 1.00 e. The van der Waals surface area contributed by atoms with Crippen molar-refractivity contribution in [2.75, 3.05) is 26.5 Å². The molecule has 2 aliphatic rings. The van der Waals surface area contributed by atoms with Crippen LogP contribution in [0.15, 0.2) is 36.4 Å². The van der Waals surface area contributed by atoms with Crippen molar-refractivity contribution in [3.63, 3.8) is 0 Å². The first-order valence-corrected chi connectivity index (χ1v) is 13.1. The van der Waals surface area contributed by atoms with Gasteiger partial charge in [-0.2, -0.15) is 6.26 Å². The van der Waals surface area contributed by atoms with Gasteiger partial charge in [-0.3, -0.25) is 9.69 Å². The fourth-order valence-corrected chi connectivity index (χ4v) is 5.01. The van der Waals surface area contributed by atoms with Crippen molar-refractivity contribution in [2.45, 2.75) is 65.8 Å². The van der Waals surface area contributed by atoms with Crippen LogP contribution in [-0.2, 0) is 12.6 Å². The molecular weight excluding hydrogens is 500 g/mol. The monoisotopic (exact) mass is 541 g/mol. The summed E-state index contributed by atoms with van der Waals surface area (Å²) in [6, 6.07) is 12.9. The molecule has 178 valence electrons. The van der Waals surface area contributed by atoms with Crippen LogP contribution in [0.3, 0.4) is 0 Å². The molecule has 0 radical (unpaired) electrons. The molecule has 2 atom stereocenters. The van der Waals surface area contributed by atoms with E-state index in [4.69, 9.17) is 4.74 Å². The maximum atomic E-state index is 13.6. The van der Waals surface area contributed by atoms with Gasteiger partial charge in [-0.05, 0) is 73.0 Å². The first-order chi connectivity index (χ1) is 15.5. The molecule has 0 aromatic heterocycles. The van der Waals surface area contributed by atoms with Crippen molar-refractivity contribution in [1.29, 1.82) is 0 Å². The molecule has 1 heterocycles.